The standard InChI is InChI=1S/C15H15N5O2S/c1-10-6-11(8-23-10)14-12(4-3-5-16-14)18-13(21)7-20-15(22)19(2)9-17-20/h3-6,8-9H,7H2,1-2H3,(H,18,21). The van der Waals surface area contributed by atoms with Gasteiger partial charge in [-0.3, -0.25) is 14.3 Å². The fourth-order valence-corrected chi connectivity index (χ4v) is 2.85. The molecule has 3 aromatic heterocycles. The van der Waals surface area contributed by atoms with Crippen molar-refractivity contribution in [3.8, 4) is 11.3 Å². The van der Waals surface area contributed by atoms with Crippen molar-refractivity contribution in [3.05, 3.63) is 51.5 Å². The minimum Gasteiger partial charge on any atom is -0.323 e. The highest BCUT2D eigenvalue weighted by molar-refractivity contribution is 7.10. The maximum atomic E-state index is 12.2. The Morgan fingerprint density at radius 1 is 1.43 bits per heavy atom. The number of pyridine rings is 1. The van der Waals surface area contributed by atoms with Gasteiger partial charge in [0.15, 0.2) is 0 Å². The molecule has 0 radical (unpaired) electrons. The van der Waals surface area contributed by atoms with Gasteiger partial charge in [0.05, 0.1) is 11.4 Å². The first-order chi connectivity index (χ1) is 11.0. The second kappa shape index (κ2) is 6.17. The van der Waals surface area contributed by atoms with Gasteiger partial charge in [0.1, 0.15) is 12.9 Å². The molecule has 3 rings (SSSR count). The van der Waals surface area contributed by atoms with Gasteiger partial charge in [-0.05, 0) is 25.1 Å². The molecule has 0 bridgehead atoms. The quantitative estimate of drug-likeness (QED) is 0.789. The van der Waals surface area contributed by atoms with Gasteiger partial charge in [0, 0.05) is 29.1 Å². The van der Waals surface area contributed by atoms with Crippen molar-refractivity contribution in [2.24, 2.45) is 7.05 Å². The molecule has 3 heterocycles. The molecule has 7 nitrogen and oxygen atoms in total. The van der Waals surface area contributed by atoms with Crippen LogP contribution < -0.4 is 11.0 Å². The maximum absolute atomic E-state index is 12.2. The molecule has 8 heteroatoms. The van der Waals surface area contributed by atoms with E-state index in [2.05, 4.69) is 15.4 Å². The van der Waals surface area contributed by atoms with Crippen molar-refractivity contribution in [3.63, 3.8) is 0 Å². The van der Waals surface area contributed by atoms with Gasteiger partial charge in [-0.25, -0.2) is 9.48 Å². The zero-order valence-electron chi connectivity index (χ0n) is 12.7. The number of rotatable bonds is 4. The van der Waals surface area contributed by atoms with E-state index in [-0.39, 0.29) is 18.1 Å². The Morgan fingerprint density at radius 2 is 2.26 bits per heavy atom. The van der Waals surface area contributed by atoms with Gasteiger partial charge in [-0.15, -0.1) is 11.3 Å². The van der Waals surface area contributed by atoms with Crippen LogP contribution in [-0.2, 0) is 18.4 Å². The molecule has 118 valence electrons. The van der Waals surface area contributed by atoms with E-state index in [1.165, 1.54) is 15.8 Å². The third-order valence-electron chi connectivity index (χ3n) is 3.27. The number of carbonyl (C=O) groups excluding carboxylic acids is 1. The highest BCUT2D eigenvalue weighted by Crippen LogP contribution is 2.29. The van der Waals surface area contributed by atoms with Crippen LogP contribution in [0.3, 0.4) is 0 Å². The second-order valence-electron chi connectivity index (χ2n) is 5.08. The second-order valence-corrected chi connectivity index (χ2v) is 6.19. The summed E-state index contributed by atoms with van der Waals surface area (Å²) >= 11 is 1.62. The molecule has 0 aromatic carbocycles. The van der Waals surface area contributed by atoms with Crippen LogP contribution in [0.5, 0.6) is 0 Å². The highest BCUT2D eigenvalue weighted by atomic mass is 32.1. The van der Waals surface area contributed by atoms with E-state index in [9.17, 15) is 9.59 Å². The summed E-state index contributed by atoms with van der Waals surface area (Å²) in [5.74, 6) is -0.327. The van der Waals surface area contributed by atoms with E-state index in [0.717, 1.165) is 10.2 Å². The van der Waals surface area contributed by atoms with E-state index in [1.807, 2.05) is 18.4 Å². The topological polar surface area (TPSA) is 81.8 Å². The molecule has 23 heavy (non-hydrogen) atoms. The van der Waals surface area contributed by atoms with Crippen LogP contribution in [-0.4, -0.2) is 25.2 Å². The summed E-state index contributed by atoms with van der Waals surface area (Å²) < 4.78 is 2.43. The van der Waals surface area contributed by atoms with E-state index < -0.39 is 0 Å². The van der Waals surface area contributed by atoms with Crippen LogP contribution in [0.1, 0.15) is 4.88 Å². The maximum Gasteiger partial charge on any atom is 0.345 e. The molecule has 0 saturated carbocycles. The zero-order chi connectivity index (χ0) is 16.4. The van der Waals surface area contributed by atoms with Gasteiger partial charge >= 0.3 is 5.69 Å². The lowest BCUT2D eigenvalue weighted by atomic mass is 10.2. The van der Waals surface area contributed by atoms with E-state index in [0.29, 0.717) is 11.4 Å². The minimum atomic E-state index is -0.333. The number of hydrogen-bond donors (Lipinski definition) is 1. The molecule has 0 atom stereocenters. The lowest BCUT2D eigenvalue weighted by Gasteiger charge is -2.09. The number of carbonyl (C=O) groups is 1. The summed E-state index contributed by atoms with van der Waals surface area (Å²) in [5.41, 5.74) is 1.94. The van der Waals surface area contributed by atoms with Crippen LogP contribution in [0.15, 0.2) is 40.9 Å². The minimum absolute atomic E-state index is 0.142. The Morgan fingerprint density at radius 3 is 2.91 bits per heavy atom. The summed E-state index contributed by atoms with van der Waals surface area (Å²) in [5, 5.41) is 8.67. The Bertz CT molecular complexity index is 908. The van der Waals surface area contributed by atoms with Crippen molar-refractivity contribution < 1.29 is 4.79 Å². The number of anilines is 1. The van der Waals surface area contributed by atoms with Crippen molar-refractivity contribution >= 4 is 22.9 Å². The number of nitrogens with one attached hydrogen (secondary N) is 1. The number of aromatic nitrogens is 4. The smallest absolute Gasteiger partial charge is 0.323 e. The van der Waals surface area contributed by atoms with Crippen LogP contribution in [0.25, 0.3) is 11.3 Å². The number of hydrogen-bond acceptors (Lipinski definition) is 5. The van der Waals surface area contributed by atoms with Crippen LogP contribution >= 0.6 is 11.3 Å². The van der Waals surface area contributed by atoms with E-state index >= 15 is 0 Å². The molecule has 1 amide bonds. The normalized spacial score (nSPS) is 10.7. The third kappa shape index (κ3) is 3.21. The molecule has 0 aliphatic carbocycles. The first-order valence-electron chi connectivity index (χ1n) is 6.93. The molecule has 0 aliphatic heterocycles. The average Bonchev–Trinajstić information content (AvgIpc) is 3.09. The summed E-state index contributed by atoms with van der Waals surface area (Å²) in [6.45, 7) is 1.87. The van der Waals surface area contributed by atoms with Gasteiger partial charge in [0.25, 0.3) is 0 Å². The van der Waals surface area contributed by atoms with Crippen molar-refractivity contribution in [1.82, 2.24) is 19.3 Å². The summed E-state index contributed by atoms with van der Waals surface area (Å²) in [6.07, 6.45) is 3.06. The van der Waals surface area contributed by atoms with Gasteiger partial charge < -0.3 is 5.32 Å². The predicted molar refractivity (Wildman–Crippen MR) is 88.4 cm³/mol. The van der Waals surface area contributed by atoms with Crippen LogP contribution in [0, 0.1) is 6.92 Å². The Hall–Kier alpha value is -2.74. The monoisotopic (exact) mass is 329 g/mol. The average molecular weight is 329 g/mol. The molecule has 0 aliphatic rings. The fraction of sp³-hybridized carbons (Fsp3) is 0.200. The van der Waals surface area contributed by atoms with Crippen molar-refractivity contribution in [2.45, 2.75) is 13.5 Å². The molecular formula is C15H15N5O2S. The zero-order valence-corrected chi connectivity index (χ0v) is 13.5. The van der Waals surface area contributed by atoms with Gasteiger partial charge in [-0.2, -0.15) is 5.10 Å². The van der Waals surface area contributed by atoms with Crippen LogP contribution in [0.4, 0.5) is 5.69 Å². The molecular weight excluding hydrogens is 314 g/mol. The largest absolute Gasteiger partial charge is 0.345 e. The molecule has 1 N–H and O–H groups in total. The number of amides is 1. The van der Waals surface area contributed by atoms with Crippen LogP contribution in [0.2, 0.25) is 0 Å². The van der Waals surface area contributed by atoms with Crippen molar-refractivity contribution in [2.75, 3.05) is 5.32 Å². The number of nitrogens with zero attached hydrogens (tertiary/aromatic N) is 4. The molecule has 0 unspecified atom stereocenters. The summed E-state index contributed by atoms with van der Waals surface area (Å²) in [4.78, 5) is 29.4. The Kier molecular flexibility index (Phi) is 4.07. The lowest BCUT2D eigenvalue weighted by molar-refractivity contribution is -0.117. The Balaban J connectivity index is 1.82. The summed E-state index contributed by atoms with van der Waals surface area (Å²) in [6, 6.07) is 5.56. The SMILES string of the molecule is Cc1cc(-c2ncccc2NC(=O)Cn2ncn(C)c2=O)cs1. The first kappa shape index (κ1) is 15.2. The molecule has 0 spiro atoms. The number of thiophene rings is 1. The van der Waals surface area contributed by atoms with Gasteiger partial charge in [-0.1, -0.05) is 0 Å². The number of aryl methyl sites for hydroxylation is 2. The molecule has 0 saturated heterocycles. The first-order valence-corrected chi connectivity index (χ1v) is 7.81. The van der Waals surface area contributed by atoms with Crippen molar-refractivity contribution in [1.29, 1.82) is 0 Å². The van der Waals surface area contributed by atoms with E-state index in [1.54, 1.807) is 36.7 Å². The summed E-state index contributed by atoms with van der Waals surface area (Å²) in [7, 11) is 1.59. The Labute approximate surface area is 136 Å². The molecule has 3 aromatic rings. The lowest BCUT2D eigenvalue weighted by Crippen LogP contribution is -2.29. The van der Waals surface area contributed by atoms with Gasteiger partial charge in [0.2, 0.25) is 5.91 Å². The fourth-order valence-electron chi connectivity index (χ4n) is 2.16. The third-order valence-corrected chi connectivity index (χ3v) is 4.13. The van der Waals surface area contributed by atoms with E-state index in [4.69, 9.17) is 0 Å². The highest BCUT2D eigenvalue weighted by Gasteiger charge is 2.12. The predicted octanol–water partition coefficient (Wildman–Crippen LogP) is 1.65. The molecule has 0 fully saturated rings.